The normalized spacial score (nSPS) is 13.1. The molecule has 6 heteroatoms. The van der Waals surface area contributed by atoms with E-state index in [4.69, 9.17) is 13.9 Å². The first-order valence-electron chi connectivity index (χ1n) is 8.38. The van der Waals surface area contributed by atoms with Gasteiger partial charge in [-0.1, -0.05) is 17.7 Å². The van der Waals surface area contributed by atoms with Gasteiger partial charge in [0.1, 0.15) is 18.9 Å². The maximum atomic E-state index is 5.84. The Hall–Kier alpha value is -3.41. The van der Waals surface area contributed by atoms with E-state index in [-0.39, 0.29) is 0 Å². The molecule has 0 amide bonds. The molecular formula is C20H15N3O3. The van der Waals surface area contributed by atoms with Crippen molar-refractivity contribution in [3.63, 3.8) is 0 Å². The quantitative estimate of drug-likeness (QED) is 0.546. The van der Waals surface area contributed by atoms with Crippen LogP contribution < -0.4 is 9.47 Å². The molecule has 0 bridgehead atoms. The van der Waals surface area contributed by atoms with Crippen molar-refractivity contribution in [3.05, 3.63) is 54.1 Å². The van der Waals surface area contributed by atoms with Crippen molar-refractivity contribution in [1.29, 1.82) is 0 Å². The molecule has 128 valence electrons. The summed E-state index contributed by atoms with van der Waals surface area (Å²) in [6.45, 7) is 3.15. The van der Waals surface area contributed by atoms with Crippen LogP contribution >= 0.6 is 0 Å². The van der Waals surface area contributed by atoms with Gasteiger partial charge in [-0.3, -0.25) is 0 Å². The molecule has 1 aliphatic heterocycles. The summed E-state index contributed by atoms with van der Waals surface area (Å²) in [6.07, 6.45) is 0. The highest BCUT2D eigenvalue weighted by Gasteiger charge is 2.16. The molecule has 0 atom stereocenters. The van der Waals surface area contributed by atoms with Gasteiger partial charge in [-0.2, -0.15) is 0 Å². The van der Waals surface area contributed by atoms with Crippen molar-refractivity contribution in [1.82, 2.24) is 15.2 Å². The third kappa shape index (κ3) is 2.56. The lowest BCUT2D eigenvalue weighted by molar-refractivity contribution is 0.171. The van der Waals surface area contributed by atoms with Crippen LogP contribution in [0.5, 0.6) is 11.5 Å². The highest BCUT2D eigenvalue weighted by atomic mass is 16.6. The van der Waals surface area contributed by atoms with Crippen LogP contribution in [0.4, 0.5) is 0 Å². The van der Waals surface area contributed by atoms with Crippen molar-refractivity contribution in [2.45, 2.75) is 6.92 Å². The smallest absolute Gasteiger partial charge is 0.266 e. The van der Waals surface area contributed by atoms with Gasteiger partial charge < -0.3 is 13.9 Å². The zero-order valence-corrected chi connectivity index (χ0v) is 14.1. The third-order valence-corrected chi connectivity index (χ3v) is 4.28. The van der Waals surface area contributed by atoms with Crippen LogP contribution in [-0.4, -0.2) is 28.4 Å². The van der Waals surface area contributed by atoms with Gasteiger partial charge in [0.2, 0.25) is 5.89 Å². The zero-order valence-electron chi connectivity index (χ0n) is 14.1. The Morgan fingerprint density at radius 2 is 1.65 bits per heavy atom. The Morgan fingerprint density at radius 1 is 0.808 bits per heavy atom. The minimum atomic E-state index is 0.386. The number of pyridine rings is 1. The molecule has 2 aromatic heterocycles. The lowest BCUT2D eigenvalue weighted by Gasteiger charge is -2.18. The van der Waals surface area contributed by atoms with Crippen LogP contribution in [0.2, 0.25) is 0 Å². The van der Waals surface area contributed by atoms with Gasteiger partial charge in [0.05, 0.1) is 5.52 Å². The molecule has 1 aliphatic rings. The van der Waals surface area contributed by atoms with Crippen molar-refractivity contribution in [2.75, 3.05) is 13.2 Å². The molecule has 4 aromatic rings. The Balaban J connectivity index is 1.51. The monoisotopic (exact) mass is 345 g/mol. The standard InChI is InChI=1S/C20H15N3O3/c1-12-2-5-15-13(10-12)3-6-16(21-15)20-23-22-19(26-20)14-4-7-17-18(11-14)25-9-8-24-17/h2-7,10-11H,8-9H2,1H3. The first kappa shape index (κ1) is 14.9. The predicted molar refractivity (Wildman–Crippen MR) is 96.2 cm³/mol. The molecule has 0 unspecified atom stereocenters. The summed E-state index contributed by atoms with van der Waals surface area (Å²) in [5.74, 6) is 2.22. The second-order valence-electron chi connectivity index (χ2n) is 6.16. The Kier molecular flexibility index (Phi) is 3.35. The Labute approximate surface area is 149 Å². The molecule has 26 heavy (non-hydrogen) atoms. The molecule has 0 aliphatic carbocycles. The number of hydrogen-bond donors (Lipinski definition) is 0. The van der Waals surface area contributed by atoms with Crippen LogP contribution in [0.15, 0.2) is 52.9 Å². The number of aryl methyl sites for hydroxylation is 1. The molecule has 0 spiro atoms. The van der Waals surface area contributed by atoms with E-state index in [2.05, 4.69) is 28.2 Å². The van der Waals surface area contributed by atoms with Gasteiger partial charge in [-0.05, 0) is 43.3 Å². The van der Waals surface area contributed by atoms with Crippen molar-refractivity contribution >= 4 is 10.9 Å². The summed E-state index contributed by atoms with van der Waals surface area (Å²) in [4.78, 5) is 4.62. The SMILES string of the molecule is Cc1ccc2nc(-c3nnc(-c4ccc5c(c4)OCCO5)o3)ccc2c1. The largest absolute Gasteiger partial charge is 0.486 e. The molecule has 5 rings (SSSR count). The summed E-state index contributed by atoms with van der Waals surface area (Å²) in [6, 6.07) is 15.6. The van der Waals surface area contributed by atoms with Gasteiger partial charge in [0, 0.05) is 10.9 Å². The minimum absolute atomic E-state index is 0.386. The molecule has 0 saturated heterocycles. The number of benzene rings is 2. The molecule has 0 N–H and O–H groups in total. The van der Waals surface area contributed by atoms with Crippen LogP contribution in [0.1, 0.15) is 5.56 Å². The number of nitrogens with zero attached hydrogens (tertiary/aromatic N) is 3. The average Bonchev–Trinajstić information content (AvgIpc) is 3.17. The fourth-order valence-electron chi connectivity index (χ4n) is 2.98. The van der Waals surface area contributed by atoms with E-state index in [0.29, 0.717) is 36.4 Å². The van der Waals surface area contributed by atoms with E-state index < -0.39 is 0 Å². The van der Waals surface area contributed by atoms with Gasteiger partial charge in [0.15, 0.2) is 11.5 Å². The summed E-state index contributed by atoms with van der Waals surface area (Å²) < 4.78 is 17.0. The van der Waals surface area contributed by atoms with Gasteiger partial charge >= 0.3 is 0 Å². The first-order chi connectivity index (χ1) is 12.8. The fraction of sp³-hybridized carbons (Fsp3) is 0.150. The highest BCUT2D eigenvalue weighted by molar-refractivity contribution is 5.81. The lowest BCUT2D eigenvalue weighted by Crippen LogP contribution is -2.15. The Bertz CT molecular complexity index is 1120. The number of rotatable bonds is 2. The Morgan fingerprint density at radius 3 is 2.58 bits per heavy atom. The van der Waals surface area contributed by atoms with E-state index in [9.17, 15) is 0 Å². The summed E-state index contributed by atoms with van der Waals surface area (Å²) in [5.41, 5.74) is 3.53. The molecule has 0 fully saturated rings. The number of fused-ring (bicyclic) bond motifs is 2. The first-order valence-corrected chi connectivity index (χ1v) is 8.38. The fourth-order valence-corrected chi connectivity index (χ4v) is 2.98. The number of ether oxygens (including phenoxy) is 2. The van der Waals surface area contributed by atoms with Crippen LogP contribution in [0.3, 0.4) is 0 Å². The van der Waals surface area contributed by atoms with Crippen molar-refractivity contribution < 1.29 is 13.9 Å². The minimum Gasteiger partial charge on any atom is -0.486 e. The van der Waals surface area contributed by atoms with Crippen LogP contribution in [0.25, 0.3) is 33.9 Å². The van der Waals surface area contributed by atoms with Crippen LogP contribution in [-0.2, 0) is 0 Å². The van der Waals surface area contributed by atoms with E-state index >= 15 is 0 Å². The van der Waals surface area contributed by atoms with Gasteiger partial charge in [-0.25, -0.2) is 4.98 Å². The van der Waals surface area contributed by atoms with Crippen molar-refractivity contribution in [3.8, 4) is 34.5 Å². The van der Waals surface area contributed by atoms with E-state index in [1.165, 1.54) is 5.56 Å². The molecule has 0 saturated carbocycles. The van der Waals surface area contributed by atoms with E-state index in [1.807, 2.05) is 42.5 Å². The van der Waals surface area contributed by atoms with Gasteiger partial charge in [0.25, 0.3) is 5.89 Å². The zero-order chi connectivity index (χ0) is 17.5. The molecule has 2 aromatic carbocycles. The van der Waals surface area contributed by atoms with Crippen molar-refractivity contribution in [2.24, 2.45) is 0 Å². The lowest BCUT2D eigenvalue weighted by atomic mass is 10.1. The predicted octanol–water partition coefficient (Wildman–Crippen LogP) is 4.03. The molecule has 6 nitrogen and oxygen atoms in total. The highest BCUT2D eigenvalue weighted by Crippen LogP contribution is 2.34. The number of hydrogen-bond acceptors (Lipinski definition) is 6. The third-order valence-electron chi connectivity index (χ3n) is 4.28. The average molecular weight is 345 g/mol. The van der Waals surface area contributed by atoms with Crippen LogP contribution in [0, 0.1) is 6.92 Å². The maximum absolute atomic E-state index is 5.84. The molecule has 0 radical (unpaired) electrons. The summed E-state index contributed by atoms with van der Waals surface area (Å²) in [5, 5.41) is 9.38. The van der Waals surface area contributed by atoms with E-state index in [0.717, 1.165) is 22.2 Å². The topological polar surface area (TPSA) is 70.3 Å². The summed E-state index contributed by atoms with van der Waals surface area (Å²) >= 11 is 0. The maximum Gasteiger partial charge on any atom is 0.266 e. The number of aromatic nitrogens is 3. The second-order valence-corrected chi connectivity index (χ2v) is 6.16. The van der Waals surface area contributed by atoms with E-state index in [1.54, 1.807) is 0 Å². The second kappa shape index (κ2) is 5.84. The molecule has 3 heterocycles. The summed E-state index contributed by atoms with van der Waals surface area (Å²) in [7, 11) is 0. The molecular weight excluding hydrogens is 330 g/mol. The van der Waals surface area contributed by atoms with Gasteiger partial charge in [-0.15, -0.1) is 10.2 Å².